The van der Waals surface area contributed by atoms with Gasteiger partial charge in [0.25, 0.3) is 0 Å². The Morgan fingerprint density at radius 3 is 1.29 bits per heavy atom. The van der Waals surface area contributed by atoms with Gasteiger partial charge in [-0.3, -0.25) is 0 Å². The smallest absolute Gasteiger partial charge is 0.0266 e. The van der Waals surface area contributed by atoms with E-state index in [-0.39, 0.29) is 7.83 Å². The van der Waals surface area contributed by atoms with E-state index in [0.717, 1.165) is 0 Å². The zero-order valence-corrected chi connectivity index (χ0v) is 16.8. The fourth-order valence-corrected chi connectivity index (χ4v) is 20.6. The molecule has 3 fully saturated rings. The summed E-state index contributed by atoms with van der Waals surface area (Å²) in [5, 5.41) is 0. The summed E-state index contributed by atoms with van der Waals surface area (Å²) >= 11 is 0. The first-order valence-electron chi connectivity index (χ1n) is 9.82. The van der Waals surface area contributed by atoms with E-state index in [1.165, 1.54) is 47.5 Å². The molecular formula is C18H33Si3. The summed E-state index contributed by atoms with van der Waals surface area (Å²) in [7, 11) is 2.90. The summed E-state index contributed by atoms with van der Waals surface area (Å²) in [5.41, 5.74) is 3.61. The van der Waals surface area contributed by atoms with Crippen molar-refractivity contribution in [3.63, 3.8) is 0 Å². The van der Waals surface area contributed by atoms with Gasteiger partial charge in [-0.15, -0.1) is 0 Å². The molecule has 0 aliphatic heterocycles. The van der Waals surface area contributed by atoms with Gasteiger partial charge < -0.3 is 0 Å². The third-order valence-corrected chi connectivity index (χ3v) is 19.3. The van der Waals surface area contributed by atoms with E-state index in [2.05, 4.69) is 0 Å². The topological polar surface area (TPSA) is 0 Å². The maximum absolute atomic E-state index is 1.63. The van der Waals surface area contributed by atoms with Crippen LogP contribution in [0.5, 0.6) is 0 Å². The molecule has 0 bridgehead atoms. The number of hydrogen-bond donors (Lipinski definition) is 0. The van der Waals surface area contributed by atoms with E-state index in [0.29, 0.717) is 0 Å². The van der Waals surface area contributed by atoms with Crippen LogP contribution >= 0.6 is 0 Å². The van der Waals surface area contributed by atoms with Crippen molar-refractivity contribution in [2.75, 3.05) is 0 Å². The molecule has 3 saturated carbocycles. The third kappa shape index (κ3) is 5.35. The van der Waals surface area contributed by atoms with E-state index in [9.17, 15) is 0 Å². The minimum absolute atomic E-state index is 0.0125. The van der Waals surface area contributed by atoms with E-state index >= 15 is 0 Å². The highest BCUT2D eigenvalue weighted by Gasteiger charge is 2.31. The molecule has 3 heteroatoms. The number of rotatable bonds is 5. The Balaban J connectivity index is 1.55. The highest BCUT2D eigenvalue weighted by Crippen LogP contribution is 2.37. The molecule has 0 spiro atoms. The monoisotopic (exact) mass is 333 g/mol. The van der Waals surface area contributed by atoms with Crippen LogP contribution in [0.1, 0.15) is 96.3 Å². The van der Waals surface area contributed by atoms with Crippen LogP contribution in [0.4, 0.5) is 0 Å². The van der Waals surface area contributed by atoms with Crippen molar-refractivity contribution in [3.8, 4) is 0 Å². The van der Waals surface area contributed by atoms with Crippen LogP contribution in [0.25, 0.3) is 0 Å². The van der Waals surface area contributed by atoms with Crippen LogP contribution < -0.4 is 0 Å². The van der Waals surface area contributed by atoms with Crippen molar-refractivity contribution in [1.29, 1.82) is 0 Å². The Morgan fingerprint density at radius 2 is 0.857 bits per heavy atom. The lowest BCUT2D eigenvalue weighted by Crippen LogP contribution is -2.41. The molecule has 5 radical (unpaired) electrons. The minimum atomic E-state index is 0.0125. The molecule has 21 heavy (non-hydrogen) atoms. The van der Waals surface area contributed by atoms with Crippen LogP contribution in [0.15, 0.2) is 0 Å². The van der Waals surface area contributed by atoms with Crippen LogP contribution in [0, 0.1) is 0 Å². The molecule has 0 heterocycles. The molecule has 0 amide bonds. The van der Waals surface area contributed by atoms with Crippen LogP contribution in [-0.2, 0) is 0 Å². The van der Waals surface area contributed by atoms with Gasteiger partial charge in [-0.05, 0) is 0 Å². The largest absolute Gasteiger partial charge is 0.0535 e. The van der Waals surface area contributed by atoms with Gasteiger partial charge in [0, 0.05) is 25.9 Å². The lowest BCUT2D eigenvalue weighted by atomic mass is 10.0. The van der Waals surface area contributed by atoms with E-state index in [1.807, 2.05) is 0 Å². The number of hydrogen-bond acceptors (Lipinski definition) is 0. The molecule has 3 rings (SSSR count). The van der Waals surface area contributed by atoms with Crippen LogP contribution in [0.2, 0.25) is 16.6 Å². The van der Waals surface area contributed by atoms with Crippen LogP contribution in [-0.4, -0.2) is 25.9 Å². The van der Waals surface area contributed by atoms with Gasteiger partial charge in [-0.1, -0.05) is 113 Å². The van der Waals surface area contributed by atoms with Gasteiger partial charge >= 0.3 is 0 Å². The van der Waals surface area contributed by atoms with Crippen molar-refractivity contribution in [2.24, 2.45) is 0 Å². The predicted octanol–water partition coefficient (Wildman–Crippen LogP) is 5.72. The van der Waals surface area contributed by atoms with Gasteiger partial charge in [0.05, 0.1) is 0 Å². The molecule has 0 nitrogen and oxygen atoms in total. The molecule has 0 N–H and O–H groups in total. The highest BCUT2D eigenvalue weighted by atomic mass is 29.6. The van der Waals surface area contributed by atoms with Crippen molar-refractivity contribution < 1.29 is 0 Å². The molecule has 3 aliphatic rings. The van der Waals surface area contributed by atoms with Gasteiger partial charge in [-0.2, -0.15) is 0 Å². The quantitative estimate of drug-likeness (QED) is 0.564. The lowest BCUT2D eigenvalue weighted by molar-refractivity contribution is 0.492. The first kappa shape index (κ1) is 16.5. The predicted molar refractivity (Wildman–Crippen MR) is 97.8 cm³/mol. The Hall–Kier alpha value is 0.651. The summed E-state index contributed by atoms with van der Waals surface area (Å²) < 4.78 is 0. The fourth-order valence-electron chi connectivity index (χ4n) is 4.60. The summed E-state index contributed by atoms with van der Waals surface area (Å²) in [6, 6.07) is 0. The standard InChI is InChI=1S/C18H33Si3/c1-4-10-16(11-5-1)19-21(18-14-8-3-9-15-18)20-17-12-6-2-7-13-17/h16-18H,1-15H2. The molecule has 0 aromatic heterocycles. The zero-order chi connectivity index (χ0) is 14.3. The van der Waals surface area contributed by atoms with Crippen molar-refractivity contribution >= 4 is 25.9 Å². The summed E-state index contributed by atoms with van der Waals surface area (Å²) in [4.78, 5) is 0. The average molecular weight is 334 g/mol. The molecule has 0 unspecified atom stereocenters. The average Bonchev–Trinajstić information content (AvgIpc) is 2.57. The molecule has 3 aliphatic carbocycles. The lowest BCUT2D eigenvalue weighted by Gasteiger charge is -2.35. The van der Waals surface area contributed by atoms with Crippen molar-refractivity contribution in [3.05, 3.63) is 0 Å². The summed E-state index contributed by atoms with van der Waals surface area (Å²) in [5.74, 6) is 0. The Labute approximate surface area is 139 Å². The van der Waals surface area contributed by atoms with E-state index < -0.39 is 0 Å². The Bertz CT molecular complexity index is 256. The molecule has 0 atom stereocenters. The van der Waals surface area contributed by atoms with Gasteiger partial charge in [-0.25, -0.2) is 0 Å². The third-order valence-electron chi connectivity index (χ3n) is 5.94. The van der Waals surface area contributed by atoms with Crippen LogP contribution in [0.3, 0.4) is 0 Å². The van der Waals surface area contributed by atoms with E-state index in [4.69, 9.17) is 0 Å². The van der Waals surface area contributed by atoms with Crippen molar-refractivity contribution in [1.82, 2.24) is 0 Å². The fraction of sp³-hybridized carbons (Fsp3) is 1.00. The molecule has 117 valence electrons. The molecule has 0 saturated heterocycles. The maximum Gasteiger partial charge on any atom is 0.0266 e. The first-order valence-corrected chi connectivity index (χ1v) is 15.5. The molecule has 0 aromatic rings. The molecule has 0 aromatic carbocycles. The normalized spacial score (nSPS) is 27.3. The minimum Gasteiger partial charge on any atom is -0.0535 e. The Kier molecular flexibility index (Phi) is 7.13. The summed E-state index contributed by atoms with van der Waals surface area (Å²) in [6.45, 7) is 0. The second-order valence-electron chi connectivity index (χ2n) is 7.71. The SMILES string of the molecule is C1CCC([Si][Si]([Si]C2CCCCC2)C2CCCCC2)CC1. The first-order chi connectivity index (χ1) is 10.4. The van der Waals surface area contributed by atoms with Gasteiger partial charge in [0.2, 0.25) is 0 Å². The maximum atomic E-state index is 1.63. The van der Waals surface area contributed by atoms with Gasteiger partial charge in [0.1, 0.15) is 0 Å². The van der Waals surface area contributed by atoms with Gasteiger partial charge in [0.15, 0.2) is 0 Å². The summed E-state index contributed by atoms with van der Waals surface area (Å²) in [6.07, 6.45) is 23.7. The zero-order valence-electron chi connectivity index (χ0n) is 13.8. The second-order valence-corrected chi connectivity index (χ2v) is 18.0. The molecular weight excluding hydrogens is 300 g/mol. The second kappa shape index (κ2) is 9.07. The highest BCUT2D eigenvalue weighted by molar-refractivity contribution is 7.40. The Morgan fingerprint density at radius 1 is 0.476 bits per heavy atom. The van der Waals surface area contributed by atoms with Crippen molar-refractivity contribution in [2.45, 2.75) is 113 Å². The van der Waals surface area contributed by atoms with E-state index in [1.54, 1.807) is 83.5 Å².